The number of nitrogens with one attached hydrogen (secondary N) is 2. The molecule has 170 valence electrons. The molecule has 2 rings (SSSR count). The quantitative estimate of drug-likeness (QED) is 0.222. The number of aliphatic imine (C=N–C) groups is 1. The summed E-state index contributed by atoms with van der Waals surface area (Å²) in [5.74, 6) is 1.44. The molecule has 1 amide bonds. The van der Waals surface area contributed by atoms with Crippen molar-refractivity contribution >= 4 is 35.8 Å². The van der Waals surface area contributed by atoms with Crippen molar-refractivity contribution in [3.63, 3.8) is 0 Å². The minimum Gasteiger partial charge on any atom is -0.484 e. The normalized spacial score (nSPS) is 15.0. The molecule has 0 saturated carbocycles. The molecule has 1 heterocycles. The monoisotopic (exact) mass is 531 g/mol. The second-order valence-corrected chi connectivity index (χ2v) is 7.69. The fourth-order valence-corrected chi connectivity index (χ4v) is 3.30. The van der Waals surface area contributed by atoms with Crippen LogP contribution in [-0.2, 0) is 11.3 Å². The minimum absolute atomic E-state index is 0. The van der Waals surface area contributed by atoms with Crippen LogP contribution in [0.25, 0.3) is 0 Å². The number of guanidine groups is 1. The first kappa shape index (κ1) is 26.5. The molecule has 0 atom stereocenters. The zero-order valence-corrected chi connectivity index (χ0v) is 21.0. The molecule has 1 aromatic rings. The van der Waals surface area contributed by atoms with Gasteiger partial charge in [0.05, 0.1) is 0 Å². The lowest BCUT2D eigenvalue weighted by atomic mass is 10.2. The number of carbonyl (C=O) groups excluding carboxylic acids is 1. The zero-order valence-electron chi connectivity index (χ0n) is 18.7. The maximum Gasteiger partial charge on any atom is 0.259 e. The molecular weight excluding hydrogens is 493 g/mol. The van der Waals surface area contributed by atoms with Crippen LogP contribution in [0.5, 0.6) is 5.75 Å². The van der Waals surface area contributed by atoms with Crippen LogP contribution in [0.1, 0.15) is 37.7 Å². The summed E-state index contributed by atoms with van der Waals surface area (Å²) >= 11 is 0. The predicted octanol–water partition coefficient (Wildman–Crippen LogP) is 2.70. The molecule has 0 aliphatic carbocycles. The van der Waals surface area contributed by atoms with Crippen molar-refractivity contribution in [2.45, 2.75) is 38.6 Å². The lowest BCUT2D eigenvalue weighted by molar-refractivity contribution is -0.130. The maximum absolute atomic E-state index is 11.7. The van der Waals surface area contributed by atoms with Gasteiger partial charge in [-0.3, -0.25) is 9.79 Å². The van der Waals surface area contributed by atoms with Crippen LogP contribution < -0.4 is 15.4 Å². The highest BCUT2D eigenvalue weighted by molar-refractivity contribution is 14.0. The molecule has 2 N–H and O–H groups in total. The van der Waals surface area contributed by atoms with Crippen molar-refractivity contribution in [3.8, 4) is 5.75 Å². The van der Waals surface area contributed by atoms with Crippen molar-refractivity contribution in [2.75, 3.05) is 53.9 Å². The molecule has 7 nitrogen and oxygen atoms in total. The van der Waals surface area contributed by atoms with E-state index in [-0.39, 0.29) is 36.5 Å². The number of likely N-dealkylation sites (tertiary alicyclic amines) is 1. The third-order valence-electron chi connectivity index (χ3n) is 5.09. The van der Waals surface area contributed by atoms with Crippen LogP contribution >= 0.6 is 24.0 Å². The van der Waals surface area contributed by atoms with Crippen molar-refractivity contribution in [3.05, 3.63) is 29.8 Å². The standard InChI is InChI=1S/C22H37N5O2.HI/c1-23-22(24-12-9-15-27-13-6-4-5-7-14-27)25-17-19-10-8-11-20(16-19)29-18-21(28)26(2)3;/h8,10-11,16H,4-7,9,12-15,17-18H2,1-3H3,(H2,23,24,25);1H. The van der Waals surface area contributed by atoms with Gasteiger partial charge in [-0.2, -0.15) is 0 Å². The highest BCUT2D eigenvalue weighted by Crippen LogP contribution is 2.13. The number of carbonyl (C=O) groups is 1. The Bertz CT molecular complexity index is 646. The van der Waals surface area contributed by atoms with Crippen LogP contribution in [0.4, 0.5) is 0 Å². The van der Waals surface area contributed by atoms with Crippen molar-refractivity contribution in [2.24, 2.45) is 4.99 Å². The smallest absolute Gasteiger partial charge is 0.259 e. The molecule has 0 spiro atoms. The predicted molar refractivity (Wildman–Crippen MR) is 134 cm³/mol. The van der Waals surface area contributed by atoms with Gasteiger partial charge in [-0.15, -0.1) is 24.0 Å². The lowest BCUT2D eigenvalue weighted by Gasteiger charge is -2.20. The third kappa shape index (κ3) is 10.5. The largest absolute Gasteiger partial charge is 0.484 e. The first-order chi connectivity index (χ1) is 14.1. The van der Waals surface area contributed by atoms with E-state index < -0.39 is 0 Å². The van der Waals surface area contributed by atoms with Crippen LogP contribution in [-0.4, -0.2) is 75.6 Å². The van der Waals surface area contributed by atoms with E-state index >= 15 is 0 Å². The zero-order chi connectivity index (χ0) is 20.9. The minimum atomic E-state index is -0.0571. The van der Waals surface area contributed by atoms with Gasteiger partial charge in [-0.1, -0.05) is 25.0 Å². The number of hydrogen-bond donors (Lipinski definition) is 2. The summed E-state index contributed by atoms with van der Waals surface area (Å²) < 4.78 is 5.58. The number of likely N-dealkylation sites (N-methyl/N-ethyl adjacent to an activating group) is 1. The Morgan fingerprint density at radius 3 is 2.57 bits per heavy atom. The molecule has 0 bridgehead atoms. The maximum atomic E-state index is 11.7. The summed E-state index contributed by atoms with van der Waals surface area (Å²) in [6.45, 7) is 5.23. The molecule has 30 heavy (non-hydrogen) atoms. The summed E-state index contributed by atoms with van der Waals surface area (Å²) in [6.07, 6.45) is 6.54. The van der Waals surface area contributed by atoms with E-state index in [2.05, 4.69) is 20.5 Å². The molecule has 0 radical (unpaired) electrons. The topological polar surface area (TPSA) is 69.2 Å². The van der Waals surface area contributed by atoms with Crippen LogP contribution in [0.15, 0.2) is 29.3 Å². The molecule has 1 aliphatic heterocycles. The van der Waals surface area contributed by atoms with Crippen molar-refractivity contribution in [1.82, 2.24) is 20.4 Å². The van der Waals surface area contributed by atoms with Crippen LogP contribution in [0, 0.1) is 0 Å². The van der Waals surface area contributed by atoms with Crippen LogP contribution in [0.2, 0.25) is 0 Å². The first-order valence-electron chi connectivity index (χ1n) is 10.7. The van der Waals surface area contributed by atoms with E-state index in [9.17, 15) is 4.79 Å². The van der Waals surface area contributed by atoms with Gasteiger partial charge in [0.15, 0.2) is 12.6 Å². The Kier molecular flexibility index (Phi) is 13.5. The number of nitrogens with zero attached hydrogens (tertiary/aromatic N) is 3. The highest BCUT2D eigenvalue weighted by Gasteiger charge is 2.08. The lowest BCUT2D eigenvalue weighted by Crippen LogP contribution is -2.38. The van der Waals surface area contributed by atoms with Crippen molar-refractivity contribution in [1.29, 1.82) is 0 Å². The summed E-state index contributed by atoms with van der Waals surface area (Å²) in [7, 11) is 5.23. The Hall–Kier alpha value is -1.55. The molecule has 8 heteroatoms. The van der Waals surface area contributed by atoms with E-state index in [1.54, 1.807) is 21.1 Å². The van der Waals surface area contributed by atoms with Gasteiger partial charge in [0.25, 0.3) is 5.91 Å². The van der Waals surface area contributed by atoms with Gasteiger partial charge >= 0.3 is 0 Å². The van der Waals surface area contributed by atoms with Gasteiger partial charge in [0.1, 0.15) is 5.75 Å². The Balaban J connectivity index is 0.00000450. The van der Waals surface area contributed by atoms with Gasteiger partial charge in [0, 0.05) is 34.2 Å². The molecule has 0 unspecified atom stereocenters. The summed E-state index contributed by atoms with van der Waals surface area (Å²) in [4.78, 5) is 20.1. The fraction of sp³-hybridized carbons (Fsp3) is 0.636. The van der Waals surface area contributed by atoms with E-state index in [4.69, 9.17) is 4.74 Å². The second kappa shape index (κ2) is 15.3. The average Bonchev–Trinajstić information content (AvgIpc) is 3.00. The second-order valence-electron chi connectivity index (χ2n) is 7.69. The highest BCUT2D eigenvalue weighted by atomic mass is 127. The molecule has 0 aromatic heterocycles. The fourth-order valence-electron chi connectivity index (χ4n) is 3.30. The summed E-state index contributed by atoms with van der Waals surface area (Å²) in [6, 6.07) is 7.77. The van der Waals surface area contributed by atoms with Gasteiger partial charge < -0.3 is 25.2 Å². The average molecular weight is 531 g/mol. The Morgan fingerprint density at radius 1 is 1.17 bits per heavy atom. The number of hydrogen-bond acceptors (Lipinski definition) is 4. The van der Waals surface area contributed by atoms with Gasteiger partial charge in [-0.05, 0) is 56.6 Å². The van der Waals surface area contributed by atoms with E-state index in [1.165, 1.54) is 43.7 Å². The summed E-state index contributed by atoms with van der Waals surface area (Å²) in [5.41, 5.74) is 1.08. The van der Waals surface area contributed by atoms with E-state index in [1.807, 2.05) is 24.3 Å². The van der Waals surface area contributed by atoms with Gasteiger partial charge in [-0.25, -0.2) is 0 Å². The van der Waals surface area contributed by atoms with Crippen molar-refractivity contribution < 1.29 is 9.53 Å². The molecule has 1 fully saturated rings. The number of halogens is 1. The summed E-state index contributed by atoms with van der Waals surface area (Å²) in [5, 5.41) is 6.73. The molecule has 1 saturated heterocycles. The van der Waals surface area contributed by atoms with E-state index in [0.29, 0.717) is 12.3 Å². The number of rotatable bonds is 9. The number of amides is 1. The number of benzene rings is 1. The molecule has 1 aliphatic rings. The van der Waals surface area contributed by atoms with Crippen LogP contribution in [0.3, 0.4) is 0 Å². The number of ether oxygens (including phenoxy) is 1. The Morgan fingerprint density at radius 2 is 1.90 bits per heavy atom. The molecular formula is C22H38IN5O2. The first-order valence-corrected chi connectivity index (χ1v) is 10.7. The third-order valence-corrected chi connectivity index (χ3v) is 5.09. The van der Waals surface area contributed by atoms with E-state index in [0.717, 1.165) is 31.0 Å². The Labute approximate surface area is 198 Å². The molecule has 1 aromatic carbocycles. The SMILES string of the molecule is CN=C(NCCCN1CCCCCC1)NCc1cccc(OCC(=O)N(C)C)c1.I. The van der Waals surface area contributed by atoms with Gasteiger partial charge in [0.2, 0.25) is 0 Å².